The summed E-state index contributed by atoms with van der Waals surface area (Å²) < 4.78 is 22.0. The molecule has 0 saturated heterocycles. The van der Waals surface area contributed by atoms with Gasteiger partial charge in [0.25, 0.3) is 0 Å². The minimum Gasteiger partial charge on any atom is -0.477 e. The van der Waals surface area contributed by atoms with Crippen molar-refractivity contribution in [1.82, 2.24) is 4.98 Å². The van der Waals surface area contributed by atoms with E-state index in [1.807, 2.05) is 0 Å². The van der Waals surface area contributed by atoms with Crippen LogP contribution in [0, 0.1) is 0 Å². The largest absolute Gasteiger partial charge is 0.477 e. The van der Waals surface area contributed by atoms with E-state index in [9.17, 15) is 18.0 Å². The molecule has 7 heteroatoms. The summed E-state index contributed by atoms with van der Waals surface area (Å²) in [6.45, 7) is 0. The SMILES string of the molecule is CS(=O)(=O)c1c[nH]cc(C(=O)O)c1=O. The van der Waals surface area contributed by atoms with Crippen LogP contribution in [0.3, 0.4) is 0 Å². The fourth-order valence-corrected chi connectivity index (χ4v) is 1.63. The van der Waals surface area contributed by atoms with Gasteiger partial charge in [-0.05, 0) is 0 Å². The first-order valence-corrected chi connectivity index (χ1v) is 5.37. The second-order valence-corrected chi connectivity index (χ2v) is 4.62. The highest BCUT2D eigenvalue weighted by Crippen LogP contribution is 2.01. The molecule has 0 aromatic carbocycles. The Kier molecular flexibility index (Phi) is 2.43. The van der Waals surface area contributed by atoms with Crippen LogP contribution in [0.1, 0.15) is 10.4 Å². The zero-order valence-electron chi connectivity index (χ0n) is 7.14. The lowest BCUT2D eigenvalue weighted by molar-refractivity contribution is 0.0694. The first-order chi connectivity index (χ1) is 6.34. The molecule has 0 aliphatic rings. The standard InChI is InChI=1S/C7H7NO5S/c1-14(12,13)5-3-8-2-4(6(5)9)7(10)11/h2-3H,1H3,(H,8,9)(H,10,11). The third kappa shape index (κ3) is 1.82. The lowest BCUT2D eigenvalue weighted by Crippen LogP contribution is -2.21. The number of hydrogen-bond acceptors (Lipinski definition) is 4. The van der Waals surface area contributed by atoms with Gasteiger partial charge in [-0.1, -0.05) is 0 Å². The topological polar surface area (TPSA) is 104 Å². The van der Waals surface area contributed by atoms with Gasteiger partial charge in [0, 0.05) is 18.6 Å². The maximum Gasteiger partial charge on any atom is 0.341 e. The Morgan fingerprint density at radius 1 is 1.43 bits per heavy atom. The number of rotatable bonds is 2. The van der Waals surface area contributed by atoms with Gasteiger partial charge < -0.3 is 10.1 Å². The summed E-state index contributed by atoms with van der Waals surface area (Å²) in [4.78, 5) is 23.5. The molecular formula is C7H7NO5S. The molecule has 0 amide bonds. The molecule has 1 rings (SSSR count). The van der Waals surface area contributed by atoms with Crippen molar-refractivity contribution in [1.29, 1.82) is 0 Å². The fraction of sp³-hybridized carbons (Fsp3) is 0.143. The van der Waals surface area contributed by atoms with E-state index in [0.29, 0.717) is 0 Å². The highest BCUT2D eigenvalue weighted by molar-refractivity contribution is 7.90. The molecule has 76 valence electrons. The zero-order valence-corrected chi connectivity index (χ0v) is 7.96. The second kappa shape index (κ2) is 3.26. The third-order valence-electron chi connectivity index (χ3n) is 1.54. The van der Waals surface area contributed by atoms with Crippen molar-refractivity contribution in [3.63, 3.8) is 0 Å². The maximum absolute atomic E-state index is 11.3. The van der Waals surface area contributed by atoms with Crippen LogP contribution >= 0.6 is 0 Å². The molecule has 0 spiro atoms. The number of carboxylic acids is 1. The lowest BCUT2D eigenvalue weighted by Gasteiger charge is -1.98. The molecule has 0 aliphatic carbocycles. The second-order valence-electron chi connectivity index (χ2n) is 2.64. The van der Waals surface area contributed by atoms with Crippen LogP contribution < -0.4 is 5.43 Å². The van der Waals surface area contributed by atoms with Crippen LogP contribution in [0.15, 0.2) is 22.1 Å². The smallest absolute Gasteiger partial charge is 0.341 e. The van der Waals surface area contributed by atoms with Crippen molar-refractivity contribution >= 4 is 15.8 Å². The monoisotopic (exact) mass is 217 g/mol. The Hall–Kier alpha value is -1.63. The van der Waals surface area contributed by atoms with E-state index in [2.05, 4.69) is 4.98 Å². The van der Waals surface area contributed by atoms with Crippen molar-refractivity contribution in [2.45, 2.75) is 4.90 Å². The van der Waals surface area contributed by atoms with Crippen molar-refractivity contribution in [3.05, 3.63) is 28.2 Å². The quantitative estimate of drug-likeness (QED) is 0.693. The number of H-pyrrole nitrogens is 1. The van der Waals surface area contributed by atoms with Gasteiger partial charge in [-0.3, -0.25) is 4.79 Å². The normalized spacial score (nSPS) is 11.2. The van der Waals surface area contributed by atoms with Crippen LogP contribution in [0.25, 0.3) is 0 Å². The van der Waals surface area contributed by atoms with Crippen LogP contribution in [-0.2, 0) is 9.84 Å². The van der Waals surface area contributed by atoms with Gasteiger partial charge in [0.15, 0.2) is 9.84 Å². The highest BCUT2D eigenvalue weighted by Gasteiger charge is 2.17. The van der Waals surface area contributed by atoms with Gasteiger partial charge in [0.1, 0.15) is 10.5 Å². The van der Waals surface area contributed by atoms with E-state index in [0.717, 1.165) is 18.6 Å². The summed E-state index contributed by atoms with van der Waals surface area (Å²) in [7, 11) is -3.70. The van der Waals surface area contributed by atoms with Crippen LogP contribution in [0.4, 0.5) is 0 Å². The van der Waals surface area contributed by atoms with Crippen molar-refractivity contribution in [2.24, 2.45) is 0 Å². The molecule has 0 bridgehead atoms. The van der Waals surface area contributed by atoms with E-state index >= 15 is 0 Å². The number of aromatic amines is 1. The molecule has 1 aromatic heterocycles. The summed E-state index contributed by atoms with van der Waals surface area (Å²) in [5.74, 6) is -1.46. The Balaban J connectivity index is 3.60. The molecule has 2 N–H and O–H groups in total. The molecule has 0 saturated carbocycles. The molecule has 0 unspecified atom stereocenters. The first kappa shape index (κ1) is 10.5. The van der Waals surface area contributed by atoms with Gasteiger partial charge in [-0.2, -0.15) is 0 Å². The molecule has 1 aromatic rings. The summed E-state index contributed by atoms with van der Waals surface area (Å²) in [5.41, 5.74) is -1.59. The van der Waals surface area contributed by atoms with E-state index in [-0.39, 0.29) is 0 Å². The van der Waals surface area contributed by atoms with Crippen molar-refractivity contribution in [2.75, 3.05) is 6.26 Å². The van der Waals surface area contributed by atoms with Gasteiger partial charge in [0.2, 0.25) is 5.43 Å². The summed E-state index contributed by atoms with van der Waals surface area (Å²) in [6.07, 6.45) is 2.74. The molecule has 1 heterocycles. The number of carboxylic acid groups (broad SMARTS) is 1. The van der Waals surface area contributed by atoms with E-state index < -0.39 is 31.7 Å². The van der Waals surface area contributed by atoms with Gasteiger partial charge >= 0.3 is 5.97 Å². The number of aromatic carboxylic acids is 1. The van der Waals surface area contributed by atoms with Crippen molar-refractivity contribution in [3.8, 4) is 0 Å². The molecule has 0 fully saturated rings. The Bertz CT molecular complexity index is 527. The Morgan fingerprint density at radius 2 is 2.00 bits per heavy atom. The summed E-state index contributed by atoms with van der Waals surface area (Å²) in [5, 5.41) is 8.54. The maximum atomic E-state index is 11.3. The molecule has 6 nitrogen and oxygen atoms in total. The van der Waals surface area contributed by atoms with Gasteiger partial charge in [-0.15, -0.1) is 0 Å². The average Bonchev–Trinajstić information content (AvgIpc) is 2.01. The third-order valence-corrected chi connectivity index (χ3v) is 2.64. The molecule has 0 radical (unpaired) electrons. The minimum absolute atomic E-state index is 0.544. The average molecular weight is 217 g/mol. The van der Waals surface area contributed by atoms with Gasteiger partial charge in [0.05, 0.1) is 0 Å². The van der Waals surface area contributed by atoms with Crippen LogP contribution in [0.2, 0.25) is 0 Å². The lowest BCUT2D eigenvalue weighted by atomic mass is 10.3. The number of aromatic nitrogens is 1. The van der Waals surface area contributed by atoms with Crippen LogP contribution in [-0.4, -0.2) is 30.7 Å². The van der Waals surface area contributed by atoms with E-state index in [1.165, 1.54) is 0 Å². The zero-order chi connectivity index (χ0) is 10.9. The Morgan fingerprint density at radius 3 is 2.43 bits per heavy atom. The number of hydrogen-bond donors (Lipinski definition) is 2. The predicted octanol–water partition coefficient (Wildman–Crippen LogP) is -0.523. The number of pyridine rings is 1. The first-order valence-electron chi connectivity index (χ1n) is 3.48. The fourth-order valence-electron chi connectivity index (χ4n) is 0.899. The van der Waals surface area contributed by atoms with Gasteiger partial charge in [-0.25, -0.2) is 13.2 Å². The highest BCUT2D eigenvalue weighted by atomic mass is 32.2. The number of sulfone groups is 1. The minimum atomic E-state index is -3.70. The number of carbonyl (C=O) groups is 1. The van der Waals surface area contributed by atoms with Crippen molar-refractivity contribution < 1.29 is 18.3 Å². The van der Waals surface area contributed by atoms with E-state index in [4.69, 9.17) is 5.11 Å². The predicted molar refractivity (Wildman–Crippen MR) is 47.1 cm³/mol. The summed E-state index contributed by atoms with van der Waals surface area (Å²) in [6, 6.07) is 0. The molecular weight excluding hydrogens is 210 g/mol. The van der Waals surface area contributed by atoms with E-state index in [1.54, 1.807) is 0 Å². The molecule has 14 heavy (non-hydrogen) atoms. The summed E-state index contributed by atoms with van der Waals surface area (Å²) >= 11 is 0. The number of nitrogens with one attached hydrogen (secondary N) is 1. The molecule has 0 aliphatic heterocycles. The van der Waals surface area contributed by atoms with Crippen LogP contribution in [0.5, 0.6) is 0 Å². The molecule has 0 atom stereocenters. The Labute approximate surface area is 79.1 Å².